The van der Waals surface area contributed by atoms with Crippen LogP contribution in [0.25, 0.3) is 22.4 Å². The van der Waals surface area contributed by atoms with Crippen molar-refractivity contribution in [1.82, 2.24) is 29.4 Å². The van der Waals surface area contributed by atoms with E-state index >= 15 is 0 Å². The summed E-state index contributed by atoms with van der Waals surface area (Å²) >= 11 is 0. The largest absolute Gasteiger partial charge is 0.482 e. The van der Waals surface area contributed by atoms with Gasteiger partial charge < -0.3 is 10.5 Å². The Bertz CT molecular complexity index is 1560. The number of nitrogens with zero attached hydrogens (tertiary/aromatic N) is 7. The van der Waals surface area contributed by atoms with E-state index in [0.717, 1.165) is 28.9 Å². The van der Waals surface area contributed by atoms with Gasteiger partial charge in [-0.3, -0.25) is 9.58 Å². The maximum atomic E-state index is 14.5. The standard InChI is InChI=1S/C26H25FN8O/c1-13-17-8-15(27)5-6-16(17)24-19(12-34(4)32-24)18-9-22(33(2)3)35-25(18)23(20(10-28)31-35)14-7-21(36-13)26(29)30-11-14/h5-8,11-13,18,22H,9H2,1-4H3,(H2,29,30)/t13-,18-,22-/m1/s1. The fourth-order valence-corrected chi connectivity index (χ4v) is 5.49. The molecule has 0 radical (unpaired) electrons. The van der Waals surface area contributed by atoms with Crippen LogP contribution in [0.4, 0.5) is 10.2 Å². The number of rotatable bonds is 1. The molecule has 36 heavy (non-hydrogen) atoms. The van der Waals surface area contributed by atoms with Crippen LogP contribution >= 0.6 is 0 Å². The highest BCUT2D eigenvalue weighted by atomic mass is 19.1. The quantitative estimate of drug-likeness (QED) is 0.435. The van der Waals surface area contributed by atoms with E-state index in [1.807, 2.05) is 38.9 Å². The third-order valence-electron chi connectivity index (χ3n) is 7.12. The van der Waals surface area contributed by atoms with Crippen LogP contribution in [0.2, 0.25) is 0 Å². The van der Waals surface area contributed by atoms with Crippen molar-refractivity contribution in [3.05, 3.63) is 65.0 Å². The topological polar surface area (TPSA) is 111 Å². The molecule has 182 valence electrons. The number of hydrogen-bond acceptors (Lipinski definition) is 7. The fourth-order valence-electron chi connectivity index (χ4n) is 5.49. The highest BCUT2D eigenvalue weighted by Crippen LogP contribution is 2.50. The molecule has 2 bridgehead atoms. The Morgan fingerprint density at radius 1 is 1.22 bits per heavy atom. The zero-order valence-corrected chi connectivity index (χ0v) is 20.4. The second kappa shape index (κ2) is 7.90. The van der Waals surface area contributed by atoms with Gasteiger partial charge in [0.1, 0.15) is 24.2 Å². The number of nitrogen functional groups attached to an aromatic ring is 1. The molecule has 0 saturated heterocycles. The molecule has 0 spiro atoms. The van der Waals surface area contributed by atoms with Gasteiger partial charge in [-0.1, -0.05) is 0 Å². The Hall–Kier alpha value is -4.23. The molecule has 0 saturated carbocycles. The van der Waals surface area contributed by atoms with Crippen LogP contribution in [0.5, 0.6) is 5.75 Å². The van der Waals surface area contributed by atoms with Crippen molar-refractivity contribution < 1.29 is 9.13 Å². The summed E-state index contributed by atoms with van der Waals surface area (Å²) in [5.41, 5.74) is 12.0. The van der Waals surface area contributed by atoms with E-state index in [4.69, 9.17) is 20.7 Å². The average molecular weight is 485 g/mol. The molecule has 6 rings (SSSR count). The van der Waals surface area contributed by atoms with Crippen molar-refractivity contribution >= 4 is 5.82 Å². The molecule has 0 amide bonds. The molecule has 2 aliphatic rings. The molecule has 0 unspecified atom stereocenters. The predicted molar refractivity (Wildman–Crippen MR) is 131 cm³/mol. The molecule has 3 aromatic heterocycles. The molecule has 4 aromatic rings. The van der Waals surface area contributed by atoms with Crippen LogP contribution < -0.4 is 10.5 Å². The highest BCUT2D eigenvalue weighted by Gasteiger charge is 2.41. The first-order valence-electron chi connectivity index (χ1n) is 11.7. The summed E-state index contributed by atoms with van der Waals surface area (Å²) in [6.07, 6.45) is 3.79. The van der Waals surface area contributed by atoms with Gasteiger partial charge in [0.25, 0.3) is 0 Å². The van der Waals surface area contributed by atoms with Crippen molar-refractivity contribution in [2.75, 3.05) is 19.8 Å². The molecule has 2 aliphatic heterocycles. The van der Waals surface area contributed by atoms with Gasteiger partial charge in [0.2, 0.25) is 0 Å². The van der Waals surface area contributed by atoms with Crippen LogP contribution in [0.1, 0.15) is 54.0 Å². The third kappa shape index (κ3) is 3.20. The molecule has 3 atom stereocenters. The normalized spacial score (nSPS) is 20.0. The number of ether oxygens (including phenoxy) is 1. The molecule has 0 aliphatic carbocycles. The molecule has 5 heterocycles. The van der Waals surface area contributed by atoms with Crippen molar-refractivity contribution in [2.45, 2.75) is 31.5 Å². The van der Waals surface area contributed by atoms with Gasteiger partial charge in [0, 0.05) is 53.2 Å². The first-order chi connectivity index (χ1) is 17.3. The first-order valence-corrected chi connectivity index (χ1v) is 11.7. The van der Waals surface area contributed by atoms with E-state index in [9.17, 15) is 9.65 Å². The number of halogens is 1. The maximum absolute atomic E-state index is 14.5. The van der Waals surface area contributed by atoms with Gasteiger partial charge in [0.05, 0.1) is 11.4 Å². The minimum atomic E-state index is -0.542. The molecule has 1 aromatic carbocycles. The SMILES string of the molecule is C[C@H]1Oc2cc(cnc2N)-c2c(C#N)nn3c2[C@H](C[C@@H]3N(C)C)c2cn(C)nc2-c2ccc(F)cc21. The van der Waals surface area contributed by atoms with Gasteiger partial charge in [-0.15, -0.1) is 0 Å². The second-order valence-corrected chi connectivity index (χ2v) is 9.60. The van der Waals surface area contributed by atoms with Crippen LogP contribution in [0.15, 0.2) is 36.7 Å². The van der Waals surface area contributed by atoms with E-state index < -0.39 is 6.10 Å². The van der Waals surface area contributed by atoms with Crippen molar-refractivity contribution in [1.29, 1.82) is 5.26 Å². The summed E-state index contributed by atoms with van der Waals surface area (Å²) in [6.45, 7) is 1.85. The molecular weight excluding hydrogens is 459 g/mol. The van der Waals surface area contributed by atoms with Crippen LogP contribution in [-0.4, -0.2) is 43.5 Å². The number of fused-ring (bicyclic) bond motifs is 7. The summed E-state index contributed by atoms with van der Waals surface area (Å²) in [7, 11) is 5.87. The smallest absolute Gasteiger partial charge is 0.170 e. The first kappa shape index (κ1) is 22.2. The number of aryl methyl sites for hydroxylation is 1. The van der Waals surface area contributed by atoms with E-state index in [1.165, 1.54) is 12.1 Å². The predicted octanol–water partition coefficient (Wildman–Crippen LogP) is 3.99. The third-order valence-corrected chi connectivity index (χ3v) is 7.12. The van der Waals surface area contributed by atoms with Crippen LogP contribution in [0.3, 0.4) is 0 Å². The number of benzene rings is 1. The van der Waals surface area contributed by atoms with Crippen molar-refractivity contribution in [2.24, 2.45) is 7.05 Å². The zero-order chi connectivity index (χ0) is 25.3. The Morgan fingerprint density at radius 2 is 2.03 bits per heavy atom. The lowest BCUT2D eigenvalue weighted by Gasteiger charge is -2.22. The lowest BCUT2D eigenvalue weighted by atomic mass is 9.87. The lowest BCUT2D eigenvalue weighted by molar-refractivity contribution is 0.207. The Kier molecular flexibility index (Phi) is 4.88. The maximum Gasteiger partial charge on any atom is 0.170 e. The van der Waals surface area contributed by atoms with Crippen molar-refractivity contribution in [3.63, 3.8) is 0 Å². The number of nitriles is 1. The number of aromatic nitrogens is 5. The number of anilines is 1. The monoisotopic (exact) mass is 484 g/mol. The van der Waals surface area contributed by atoms with Crippen LogP contribution in [0, 0.1) is 17.1 Å². The van der Waals surface area contributed by atoms with Gasteiger partial charge >= 0.3 is 0 Å². The summed E-state index contributed by atoms with van der Waals surface area (Å²) in [5, 5.41) is 19.6. The van der Waals surface area contributed by atoms with Crippen molar-refractivity contribution in [3.8, 4) is 34.2 Å². The van der Waals surface area contributed by atoms with E-state index in [1.54, 1.807) is 23.0 Å². The molecule has 0 fully saturated rings. The Labute approximate surface area is 207 Å². The molecule has 10 heteroatoms. The zero-order valence-electron chi connectivity index (χ0n) is 20.4. The van der Waals surface area contributed by atoms with E-state index in [-0.39, 0.29) is 23.7 Å². The number of nitrogens with two attached hydrogens (primary N) is 1. The minimum Gasteiger partial charge on any atom is -0.482 e. The Morgan fingerprint density at radius 3 is 2.78 bits per heavy atom. The van der Waals surface area contributed by atoms with Gasteiger partial charge in [-0.2, -0.15) is 15.5 Å². The van der Waals surface area contributed by atoms with Gasteiger partial charge in [-0.25, -0.2) is 14.1 Å². The van der Waals surface area contributed by atoms with Gasteiger partial charge in [0.15, 0.2) is 17.3 Å². The highest BCUT2D eigenvalue weighted by molar-refractivity contribution is 5.77. The molecule has 2 N–H and O–H groups in total. The minimum absolute atomic E-state index is 0.0619. The number of pyridine rings is 1. The average Bonchev–Trinajstić information content (AvgIpc) is 3.51. The fraction of sp³-hybridized carbons (Fsp3) is 0.308. The lowest BCUT2D eigenvalue weighted by Crippen LogP contribution is -2.23. The van der Waals surface area contributed by atoms with Gasteiger partial charge in [-0.05, 0) is 51.7 Å². The van der Waals surface area contributed by atoms with E-state index in [0.29, 0.717) is 28.1 Å². The second-order valence-electron chi connectivity index (χ2n) is 9.60. The Balaban J connectivity index is 1.73. The summed E-state index contributed by atoms with van der Waals surface area (Å²) in [4.78, 5) is 6.47. The number of hydrogen-bond donors (Lipinski definition) is 1. The van der Waals surface area contributed by atoms with Crippen LogP contribution in [-0.2, 0) is 7.05 Å². The molecule has 9 nitrogen and oxygen atoms in total. The summed E-state index contributed by atoms with van der Waals surface area (Å²) < 4.78 is 24.4. The van der Waals surface area contributed by atoms with E-state index in [2.05, 4.69) is 16.0 Å². The molecular formula is C26H25FN8O. The summed E-state index contributed by atoms with van der Waals surface area (Å²) in [6, 6.07) is 8.74. The summed E-state index contributed by atoms with van der Waals surface area (Å²) in [5.74, 6) is 0.102.